The van der Waals surface area contributed by atoms with E-state index in [1.165, 1.54) is 12.8 Å². The number of hydrogen-bond donors (Lipinski definition) is 2. The van der Waals surface area contributed by atoms with E-state index in [4.69, 9.17) is 0 Å². The lowest BCUT2D eigenvalue weighted by Crippen LogP contribution is -2.28. The van der Waals surface area contributed by atoms with Crippen molar-refractivity contribution >= 4 is 0 Å². The molecule has 0 saturated heterocycles. The Morgan fingerprint density at radius 2 is 1.85 bits per heavy atom. The summed E-state index contributed by atoms with van der Waals surface area (Å²) in [5.74, 6) is 0. The van der Waals surface area contributed by atoms with E-state index < -0.39 is 5.60 Å². The Balaban J connectivity index is 3.55. The van der Waals surface area contributed by atoms with Crippen molar-refractivity contribution in [2.45, 2.75) is 71.0 Å². The normalized spacial score (nSPS) is 18.2. The van der Waals surface area contributed by atoms with Crippen molar-refractivity contribution in [2.24, 2.45) is 0 Å². The highest BCUT2D eigenvalue weighted by atomic mass is 16.3. The molecule has 0 heterocycles. The van der Waals surface area contributed by atoms with Gasteiger partial charge in [0.25, 0.3) is 0 Å². The number of hydrogen-bond acceptors (Lipinski definition) is 2. The van der Waals surface area contributed by atoms with Gasteiger partial charge in [-0.25, -0.2) is 0 Å². The van der Waals surface area contributed by atoms with Crippen LogP contribution in [0.4, 0.5) is 0 Å². The molecule has 0 saturated carbocycles. The van der Waals surface area contributed by atoms with Crippen LogP contribution in [-0.4, -0.2) is 21.9 Å². The predicted molar refractivity (Wildman–Crippen MR) is 55.7 cm³/mol. The van der Waals surface area contributed by atoms with Gasteiger partial charge in [0.1, 0.15) is 0 Å². The molecule has 0 rings (SSSR count). The quantitative estimate of drug-likeness (QED) is 0.603. The summed E-state index contributed by atoms with van der Waals surface area (Å²) in [7, 11) is 0. The fourth-order valence-electron chi connectivity index (χ4n) is 1.38. The Morgan fingerprint density at radius 3 is 2.31 bits per heavy atom. The van der Waals surface area contributed by atoms with Crippen LogP contribution in [0.2, 0.25) is 0 Å². The van der Waals surface area contributed by atoms with Crippen LogP contribution in [-0.2, 0) is 0 Å². The minimum Gasteiger partial charge on any atom is -0.393 e. The molecule has 0 aromatic rings. The van der Waals surface area contributed by atoms with E-state index >= 15 is 0 Å². The van der Waals surface area contributed by atoms with Crippen LogP contribution < -0.4 is 0 Å². The molecule has 0 aliphatic carbocycles. The van der Waals surface area contributed by atoms with Gasteiger partial charge in [0.15, 0.2) is 0 Å². The van der Waals surface area contributed by atoms with Crippen molar-refractivity contribution in [1.29, 1.82) is 0 Å². The molecule has 0 aromatic heterocycles. The summed E-state index contributed by atoms with van der Waals surface area (Å²) >= 11 is 0. The summed E-state index contributed by atoms with van der Waals surface area (Å²) in [4.78, 5) is 0. The maximum absolute atomic E-state index is 9.69. The Morgan fingerprint density at radius 1 is 1.23 bits per heavy atom. The zero-order valence-electron chi connectivity index (χ0n) is 9.21. The number of rotatable bonds is 7. The van der Waals surface area contributed by atoms with Gasteiger partial charge in [-0.15, -0.1) is 0 Å². The van der Waals surface area contributed by atoms with E-state index in [9.17, 15) is 10.2 Å². The standard InChI is InChI=1S/C11H24O2/c1-4-6-7-8-10(12)9-11(3,13)5-2/h10,12-13H,4-9H2,1-3H3. The molecule has 0 amide bonds. The van der Waals surface area contributed by atoms with Gasteiger partial charge in [0, 0.05) is 6.42 Å². The van der Waals surface area contributed by atoms with E-state index in [0.717, 1.165) is 12.8 Å². The lowest BCUT2D eigenvalue weighted by Gasteiger charge is -2.24. The molecule has 0 aromatic carbocycles. The van der Waals surface area contributed by atoms with Gasteiger partial charge in [-0.05, 0) is 19.8 Å². The molecule has 80 valence electrons. The molecular weight excluding hydrogens is 164 g/mol. The maximum atomic E-state index is 9.69. The average molecular weight is 188 g/mol. The molecular formula is C11H24O2. The Labute approximate surface area is 82.0 Å². The maximum Gasteiger partial charge on any atom is 0.0641 e. The van der Waals surface area contributed by atoms with Crippen LogP contribution in [0.25, 0.3) is 0 Å². The Bertz CT molecular complexity index is 121. The van der Waals surface area contributed by atoms with E-state index in [1.807, 2.05) is 6.92 Å². The zero-order valence-corrected chi connectivity index (χ0v) is 9.21. The molecule has 2 heteroatoms. The largest absolute Gasteiger partial charge is 0.393 e. The van der Waals surface area contributed by atoms with Gasteiger partial charge >= 0.3 is 0 Å². The molecule has 0 fully saturated rings. The molecule has 0 spiro atoms. The van der Waals surface area contributed by atoms with Crippen molar-refractivity contribution in [3.8, 4) is 0 Å². The fourth-order valence-corrected chi connectivity index (χ4v) is 1.38. The van der Waals surface area contributed by atoms with Crippen molar-refractivity contribution in [3.63, 3.8) is 0 Å². The molecule has 0 aliphatic heterocycles. The van der Waals surface area contributed by atoms with Crippen LogP contribution in [0.5, 0.6) is 0 Å². The van der Waals surface area contributed by atoms with Crippen LogP contribution >= 0.6 is 0 Å². The monoisotopic (exact) mass is 188 g/mol. The first-order valence-corrected chi connectivity index (χ1v) is 5.42. The van der Waals surface area contributed by atoms with E-state index in [1.54, 1.807) is 6.92 Å². The second-order valence-electron chi connectivity index (χ2n) is 4.20. The SMILES string of the molecule is CCCCCC(O)CC(C)(O)CC. The molecule has 2 unspecified atom stereocenters. The summed E-state index contributed by atoms with van der Waals surface area (Å²) < 4.78 is 0. The van der Waals surface area contributed by atoms with Gasteiger partial charge in [0.05, 0.1) is 11.7 Å². The van der Waals surface area contributed by atoms with Crippen LogP contribution in [0.3, 0.4) is 0 Å². The van der Waals surface area contributed by atoms with Gasteiger partial charge < -0.3 is 10.2 Å². The van der Waals surface area contributed by atoms with Gasteiger partial charge in [-0.2, -0.15) is 0 Å². The minimum atomic E-state index is -0.689. The van der Waals surface area contributed by atoms with E-state index in [2.05, 4.69) is 6.92 Å². The van der Waals surface area contributed by atoms with E-state index in [-0.39, 0.29) is 6.10 Å². The van der Waals surface area contributed by atoms with Crippen molar-refractivity contribution < 1.29 is 10.2 Å². The van der Waals surface area contributed by atoms with Crippen LogP contribution in [0.15, 0.2) is 0 Å². The first-order valence-electron chi connectivity index (χ1n) is 5.42. The molecule has 2 nitrogen and oxygen atoms in total. The molecule has 13 heavy (non-hydrogen) atoms. The van der Waals surface area contributed by atoms with Crippen molar-refractivity contribution in [3.05, 3.63) is 0 Å². The average Bonchev–Trinajstić information content (AvgIpc) is 2.04. The summed E-state index contributed by atoms with van der Waals surface area (Å²) in [6.07, 6.45) is 5.12. The van der Waals surface area contributed by atoms with Gasteiger partial charge in [-0.3, -0.25) is 0 Å². The number of unbranched alkanes of at least 4 members (excludes halogenated alkanes) is 2. The highest BCUT2D eigenvalue weighted by molar-refractivity contribution is 4.74. The predicted octanol–water partition coefficient (Wildman–Crippen LogP) is 2.48. The highest BCUT2D eigenvalue weighted by Gasteiger charge is 2.21. The third-order valence-electron chi connectivity index (χ3n) is 2.58. The molecule has 2 atom stereocenters. The second-order valence-corrected chi connectivity index (χ2v) is 4.20. The van der Waals surface area contributed by atoms with Crippen LogP contribution in [0, 0.1) is 0 Å². The summed E-state index contributed by atoms with van der Waals surface area (Å²) in [6.45, 7) is 5.88. The summed E-state index contributed by atoms with van der Waals surface area (Å²) in [5.41, 5.74) is -0.689. The first kappa shape index (κ1) is 12.9. The topological polar surface area (TPSA) is 40.5 Å². The third-order valence-corrected chi connectivity index (χ3v) is 2.58. The lowest BCUT2D eigenvalue weighted by molar-refractivity contribution is -0.00180. The molecule has 0 radical (unpaired) electrons. The van der Waals surface area contributed by atoms with Crippen LogP contribution in [0.1, 0.15) is 59.3 Å². The minimum absolute atomic E-state index is 0.332. The lowest BCUT2D eigenvalue weighted by atomic mass is 9.93. The first-order chi connectivity index (χ1) is 6.02. The smallest absolute Gasteiger partial charge is 0.0641 e. The highest BCUT2D eigenvalue weighted by Crippen LogP contribution is 2.18. The summed E-state index contributed by atoms with van der Waals surface area (Å²) in [5, 5.41) is 19.3. The number of aliphatic hydroxyl groups is 2. The molecule has 2 N–H and O–H groups in total. The fraction of sp³-hybridized carbons (Fsp3) is 1.00. The van der Waals surface area contributed by atoms with Gasteiger partial charge in [0.2, 0.25) is 0 Å². The third kappa shape index (κ3) is 7.03. The second kappa shape index (κ2) is 6.39. The number of aliphatic hydroxyl groups excluding tert-OH is 1. The van der Waals surface area contributed by atoms with E-state index in [0.29, 0.717) is 12.8 Å². The molecule has 0 aliphatic rings. The Hall–Kier alpha value is -0.0800. The Kier molecular flexibility index (Phi) is 6.35. The summed E-state index contributed by atoms with van der Waals surface area (Å²) in [6, 6.07) is 0. The zero-order chi connectivity index (χ0) is 10.3. The van der Waals surface area contributed by atoms with Gasteiger partial charge in [-0.1, -0.05) is 33.1 Å². The molecule has 0 bridgehead atoms. The van der Waals surface area contributed by atoms with Crippen molar-refractivity contribution in [1.82, 2.24) is 0 Å². The van der Waals surface area contributed by atoms with Crippen molar-refractivity contribution in [2.75, 3.05) is 0 Å².